The first-order valence-corrected chi connectivity index (χ1v) is 14.0. The third-order valence-electron chi connectivity index (χ3n) is 8.14. The Bertz CT molecular complexity index is 1160. The summed E-state index contributed by atoms with van der Waals surface area (Å²) in [6.45, 7) is 0. The van der Waals surface area contributed by atoms with E-state index in [9.17, 15) is 14.0 Å². The van der Waals surface area contributed by atoms with Gasteiger partial charge in [0.2, 0.25) is 0 Å². The Morgan fingerprint density at radius 2 is 1.39 bits per heavy atom. The summed E-state index contributed by atoms with van der Waals surface area (Å²) >= 11 is 1.50. The fourth-order valence-electron chi connectivity index (χ4n) is 6.39. The summed E-state index contributed by atoms with van der Waals surface area (Å²) in [5.74, 6) is -1.54. The lowest BCUT2D eigenvalue weighted by molar-refractivity contribution is -0.137. The van der Waals surface area contributed by atoms with E-state index in [0.717, 1.165) is 78.4 Å². The van der Waals surface area contributed by atoms with E-state index in [-0.39, 0.29) is 17.7 Å². The summed E-state index contributed by atoms with van der Waals surface area (Å²) in [6, 6.07) is 4.71. The first kappa shape index (κ1) is 25.0. The number of nitrogens with one attached hydrogen (secondary N) is 1. The predicted molar refractivity (Wildman–Crippen MR) is 139 cm³/mol. The largest absolute Gasteiger partial charge is 0.466 e. The summed E-state index contributed by atoms with van der Waals surface area (Å²) in [6.07, 6.45) is 10.7. The van der Waals surface area contributed by atoms with Crippen LogP contribution in [-0.4, -0.2) is 26.2 Å². The molecule has 1 aliphatic heterocycles. The molecule has 1 aromatic heterocycles. The summed E-state index contributed by atoms with van der Waals surface area (Å²) in [4.78, 5) is 27.0. The van der Waals surface area contributed by atoms with Crippen molar-refractivity contribution in [3.63, 3.8) is 0 Å². The number of hydrogen-bond acceptors (Lipinski definition) is 6. The maximum atomic E-state index is 14.4. The van der Waals surface area contributed by atoms with E-state index in [1.165, 1.54) is 50.5 Å². The minimum Gasteiger partial charge on any atom is -0.466 e. The lowest BCUT2D eigenvalue weighted by Gasteiger charge is -2.39. The molecule has 3 aliphatic rings. The molecular weight excluding hydrogens is 477 g/mol. The molecule has 0 bridgehead atoms. The SMILES string of the molecule is COC(=O)C1=C(C2CCCCC2)NC(C2CCCCC2)=C(C(=O)OC)C1c1csc2ccc(F)cc12. The molecule has 2 heterocycles. The first-order chi connectivity index (χ1) is 17.5. The van der Waals surface area contributed by atoms with Gasteiger partial charge in [-0.05, 0) is 72.0 Å². The number of ether oxygens (including phenoxy) is 2. The van der Waals surface area contributed by atoms with E-state index in [1.807, 2.05) is 5.38 Å². The van der Waals surface area contributed by atoms with Crippen LogP contribution in [-0.2, 0) is 19.1 Å². The average Bonchev–Trinajstić information content (AvgIpc) is 3.34. The number of dihydropyridines is 1. The first-order valence-electron chi connectivity index (χ1n) is 13.1. The smallest absolute Gasteiger partial charge is 0.336 e. The standard InChI is InChI=1S/C29H34FNO4S/c1-34-28(32)24-23(21-16-36-22-14-13-19(30)15-20(21)22)25(29(33)35-2)27(18-11-7-4-8-12-18)31-26(24)17-9-5-3-6-10-17/h13-18,23,31H,3-12H2,1-2H3. The van der Waals surface area contributed by atoms with Crippen LogP contribution in [0.25, 0.3) is 10.1 Å². The van der Waals surface area contributed by atoms with Crippen LogP contribution in [0.3, 0.4) is 0 Å². The number of esters is 2. The zero-order valence-corrected chi connectivity index (χ0v) is 21.8. The van der Waals surface area contributed by atoms with Crippen LogP contribution in [0.1, 0.15) is 75.7 Å². The molecule has 2 aliphatic carbocycles. The Kier molecular flexibility index (Phi) is 7.47. The van der Waals surface area contributed by atoms with E-state index in [2.05, 4.69) is 5.32 Å². The number of carbonyl (C=O) groups excluding carboxylic acids is 2. The number of thiophene rings is 1. The van der Waals surface area contributed by atoms with Crippen molar-refractivity contribution in [3.8, 4) is 0 Å². The van der Waals surface area contributed by atoms with Gasteiger partial charge in [0.1, 0.15) is 5.82 Å². The van der Waals surface area contributed by atoms with Gasteiger partial charge in [-0.3, -0.25) is 0 Å². The normalized spacial score (nSPS) is 20.5. The topological polar surface area (TPSA) is 64.6 Å². The predicted octanol–water partition coefficient (Wildman–Crippen LogP) is 6.74. The van der Waals surface area contributed by atoms with Crippen molar-refractivity contribution in [1.29, 1.82) is 0 Å². The van der Waals surface area contributed by atoms with Gasteiger partial charge in [-0.1, -0.05) is 38.5 Å². The third-order valence-corrected chi connectivity index (χ3v) is 9.12. The Morgan fingerprint density at radius 3 is 1.89 bits per heavy atom. The highest BCUT2D eigenvalue weighted by molar-refractivity contribution is 7.17. The summed E-state index contributed by atoms with van der Waals surface area (Å²) in [7, 11) is 2.77. The maximum absolute atomic E-state index is 14.4. The van der Waals surface area contributed by atoms with Gasteiger partial charge >= 0.3 is 11.9 Å². The summed E-state index contributed by atoms with van der Waals surface area (Å²) in [5.41, 5.74) is 3.46. The van der Waals surface area contributed by atoms with Gasteiger partial charge in [-0.25, -0.2) is 14.0 Å². The van der Waals surface area contributed by atoms with Crippen LogP contribution in [0.2, 0.25) is 0 Å². The van der Waals surface area contributed by atoms with Gasteiger partial charge < -0.3 is 14.8 Å². The molecule has 0 atom stereocenters. The molecule has 0 amide bonds. The molecule has 5 rings (SSSR count). The van der Waals surface area contributed by atoms with Crippen LogP contribution < -0.4 is 5.32 Å². The van der Waals surface area contributed by atoms with Gasteiger partial charge in [-0.15, -0.1) is 11.3 Å². The molecule has 0 spiro atoms. The minimum atomic E-state index is -0.671. The second-order valence-electron chi connectivity index (χ2n) is 10.2. The van der Waals surface area contributed by atoms with Crippen molar-refractivity contribution in [2.45, 2.75) is 70.1 Å². The molecule has 2 fully saturated rings. The fraction of sp³-hybridized carbons (Fsp3) is 0.517. The maximum Gasteiger partial charge on any atom is 0.336 e. The van der Waals surface area contributed by atoms with Gasteiger partial charge in [0.15, 0.2) is 0 Å². The molecule has 5 nitrogen and oxygen atoms in total. The number of fused-ring (bicyclic) bond motifs is 1. The van der Waals surface area contributed by atoms with Crippen LogP contribution in [0.4, 0.5) is 4.39 Å². The molecular formula is C29H34FNO4S. The zero-order chi connectivity index (χ0) is 25.2. The van der Waals surface area contributed by atoms with Crippen molar-refractivity contribution < 1.29 is 23.5 Å². The number of methoxy groups -OCH3 is 2. The Morgan fingerprint density at radius 1 is 0.861 bits per heavy atom. The van der Waals surface area contributed by atoms with Crippen molar-refractivity contribution in [1.82, 2.24) is 5.32 Å². The van der Waals surface area contributed by atoms with E-state index < -0.39 is 17.9 Å². The number of halogens is 1. The molecule has 0 saturated heterocycles. The minimum absolute atomic E-state index is 0.190. The van der Waals surface area contributed by atoms with Gasteiger partial charge in [0.25, 0.3) is 0 Å². The van der Waals surface area contributed by atoms with Crippen LogP contribution in [0.15, 0.2) is 46.1 Å². The van der Waals surface area contributed by atoms with Crippen LogP contribution in [0.5, 0.6) is 0 Å². The third kappa shape index (κ3) is 4.58. The van der Waals surface area contributed by atoms with Crippen LogP contribution >= 0.6 is 11.3 Å². The second kappa shape index (κ2) is 10.8. The molecule has 36 heavy (non-hydrogen) atoms. The number of rotatable bonds is 5. The molecule has 2 aromatic rings. The van der Waals surface area contributed by atoms with E-state index in [4.69, 9.17) is 9.47 Å². The van der Waals surface area contributed by atoms with E-state index >= 15 is 0 Å². The van der Waals surface area contributed by atoms with E-state index in [1.54, 1.807) is 6.07 Å². The van der Waals surface area contributed by atoms with Crippen molar-refractivity contribution in [2.75, 3.05) is 14.2 Å². The highest BCUT2D eigenvalue weighted by Crippen LogP contribution is 2.48. The molecule has 1 aromatic carbocycles. The van der Waals surface area contributed by atoms with Crippen LogP contribution in [0, 0.1) is 17.7 Å². The fourth-order valence-corrected chi connectivity index (χ4v) is 7.36. The zero-order valence-electron chi connectivity index (χ0n) is 21.0. The van der Waals surface area contributed by atoms with Gasteiger partial charge in [-0.2, -0.15) is 0 Å². The highest BCUT2D eigenvalue weighted by Gasteiger charge is 2.44. The second-order valence-corrected chi connectivity index (χ2v) is 11.1. The monoisotopic (exact) mass is 511 g/mol. The number of allylic oxidation sites excluding steroid dienone is 2. The summed E-state index contributed by atoms with van der Waals surface area (Å²) < 4.78 is 26.0. The molecule has 7 heteroatoms. The molecule has 0 radical (unpaired) electrons. The Hall–Kier alpha value is -2.67. The number of carbonyl (C=O) groups is 2. The quantitative estimate of drug-likeness (QED) is 0.450. The van der Waals surface area contributed by atoms with Crippen molar-refractivity contribution >= 4 is 33.4 Å². The lowest BCUT2D eigenvalue weighted by Crippen LogP contribution is -2.39. The van der Waals surface area contributed by atoms with Crippen molar-refractivity contribution in [2.24, 2.45) is 11.8 Å². The molecule has 0 unspecified atom stereocenters. The summed E-state index contributed by atoms with van der Waals surface area (Å²) in [5, 5.41) is 6.35. The Balaban J connectivity index is 1.78. The van der Waals surface area contributed by atoms with Gasteiger partial charge in [0.05, 0.1) is 31.3 Å². The highest BCUT2D eigenvalue weighted by atomic mass is 32.1. The van der Waals surface area contributed by atoms with Crippen molar-refractivity contribution in [3.05, 3.63) is 57.5 Å². The van der Waals surface area contributed by atoms with E-state index in [0.29, 0.717) is 11.1 Å². The number of benzene rings is 1. The number of hydrogen-bond donors (Lipinski definition) is 1. The van der Waals surface area contributed by atoms with Gasteiger partial charge in [0, 0.05) is 16.1 Å². The average molecular weight is 512 g/mol. The Labute approximate surface area is 215 Å². The molecule has 1 N–H and O–H groups in total. The molecule has 192 valence electrons. The lowest BCUT2D eigenvalue weighted by atomic mass is 9.72. The molecule has 2 saturated carbocycles.